The Morgan fingerprint density at radius 2 is 1.71 bits per heavy atom. The number of methoxy groups -OCH3 is 1. The zero-order chi connectivity index (χ0) is 24.9. The second-order valence-corrected chi connectivity index (χ2v) is 10.3. The van der Waals surface area contributed by atoms with Crippen molar-refractivity contribution in [3.8, 4) is 0 Å². The molecule has 0 spiro atoms. The molecule has 1 saturated heterocycles. The summed E-state index contributed by atoms with van der Waals surface area (Å²) in [6.07, 6.45) is 0. The van der Waals surface area contributed by atoms with Crippen LogP contribution in [0.5, 0.6) is 0 Å². The van der Waals surface area contributed by atoms with Crippen LogP contribution >= 0.6 is 0 Å². The van der Waals surface area contributed by atoms with E-state index in [2.05, 4.69) is 9.64 Å². The Bertz CT molecular complexity index is 1130. The summed E-state index contributed by atoms with van der Waals surface area (Å²) in [5.74, 6) is -1.41. The molecule has 8 nitrogen and oxygen atoms in total. The first-order valence-corrected chi connectivity index (χ1v) is 12.7. The molecule has 1 aliphatic rings. The maximum absolute atomic E-state index is 14.7. The molecular formula is C24H30FN3O5S. The van der Waals surface area contributed by atoms with Gasteiger partial charge in [0.25, 0.3) is 0 Å². The van der Waals surface area contributed by atoms with Crippen LogP contribution in [0.1, 0.15) is 35.3 Å². The summed E-state index contributed by atoms with van der Waals surface area (Å²) in [7, 11) is -2.48. The van der Waals surface area contributed by atoms with Crippen molar-refractivity contribution < 1.29 is 27.1 Å². The van der Waals surface area contributed by atoms with E-state index in [0.29, 0.717) is 25.3 Å². The fourth-order valence-electron chi connectivity index (χ4n) is 3.83. The predicted octanol–water partition coefficient (Wildman–Crippen LogP) is 2.63. The van der Waals surface area contributed by atoms with Gasteiger partial charge in [0, 0.05) is 45.2 Å². The SMILES string of the molecule is CCS(=O)(=O)N(Cc1ccc(C(=O)OC)cc1F)c1ccc(CN2CCN(C(C)=O)CC2)cc1. The number of carbonyl (C=O) groups excluding carboxylic acids is 2. The number of piperazine rings is 1. The number of benzene rings is 2. The first-order valence-electron chi connectivity index (χ1n) is 11.1. The Kier molecular flexibility index (Phi) is 8.27. The van der Waals surface area contributed by atoms with Gasteiger partial charge in [-0.2, -0.15) is 0 Å². The zero-order valence-electron chi connectivity index (χ0n) is 19.7. The van der Waals surface area contributed by atoms with Gasteiger partial charge in [0.15, 0.2) is 0 Å². The smallest absolute Gasteiger partial charge is 0.337 e. The fourth-order valence-corrected chi connectivity index (χ4v) is 4.92. The molecule has 0 radical (unpaired) electrons. The van der Waals surface area contributed by atoms with E-state index in [9.17, 15) is 22.4 Å². The van der Waals surface area contributed by atoms with Gasteiger partial charge in [-0.3, -0.25) is 14.0 Å². The van der Waals surface area contributed by atoms with Gasteiger partial charge in [0.2, 0.25) is 15.9 Å². The van der Waals surface area contributed by atoms with Gasteiger partial charge in [-0.25, -0.2) is 17.6 Å². The maximum Gasteiger partial charge on any atom is 0.337 e. The van der Waals surface area contributed by atoms with Gasteiger partial charge in [-0.1, -0.05) is 18.2 Å². The van der Waals surface area contributed by atoms with Crippen LogP contribution < -0.4 is 4.31 Å². The summed E-state index contributed by atoms with van der Waals surface area (Å²) in [5.41, 5.74) is 1.66. The van der Waals surface area contributed by atoms with E-state index < -0.39 is 21.8 Å². The summed E-state index contributed by atoms with van der Waals surface area (Å²) in [6, 6.07) is 11.0. The maximum atomic E-state index is 14.7. The second-order valence-electron chi connectivity index (χ2n) is 8.15. The summed E-state index contributed by atoms with van der Waals surface area (Å²) in [6.45, 7) is 6.54. The van der Waals surface area contributed by atoms with Crippen molar-refractivity contribution in [2.45, 2.75) is 26.9 Å². The third-order valence-electron chi connectivity index (χ3n) is 5.94. The quantitative estimate of drug-likeness (QED) is 0.528. The number of hydrogen-bond donors (Lipinski definition) is 0. The standard InChI is InChI=1S/C24H30FN3O5S/c1-4-34(31,32)28(17-21-8-7-20(15-23(21)25)24(30)33-3)22-9-5-19(6-10-22)16-26-11-13-27(14-12-26)18(2)29/h5-10,15H,4,11-14,16-17H2,1-3H3. The molecule has 0 saturated carbocycles. The molecule has 1 heterocycles. The minimum absolute atomic E-state index is 0.0575. The minimum Gasteiger partial charge on any atom is -0.465 e. The summed E-state index contributed by atoms with van der Waals surface area (Å²) >= 11 is 0. The zero-order valence-corrected chi connectivity index (χ0v) is 20.5. The highest BCUT2D eigenvalue weighted by Gasteiger charge is 2.23. The number of rotatable bonds is 8. The molecule has 2 aromatic rings. The third kappa shape index (κ3) is 6.12. The number of anilines is 1. The topological polar surface area (TPSA) is 87.2 Å². The van der Waals surface area contributed by atoms with Crippen LogP contribution in [-0.2, 0) is 32.6 Å². The number of nitrogens with zero attached hydrogens (tertiary/aromatic N) is 3. The highest BCUT2D eigenvalue weighted by atomic mass is 32.2. The monoisotopic (exact) mass is 491 g/mol. The number of halogens is 1. The van der Waals surface area contributed by atoms with Crippen LogP contribution in [0.25, 0.3) is 0 Å². The van der Waals surface area contributed by atoms with Gasteiger partial charge >= 0.3 is 5.97 Å². The molecule has 1 amide bonds. The molecule has 0 bridgehead atoms. The van der Waals surface area contributed by atoms with E-state index in [4.69, 9.17) is 0 Å². The predicted molar refractivity (Wildman–Crippen MR) is 127 cm³/mol. The Morgan fingerprint density at radius 3 is 2.24 bits per heavy atom. The lowest BCUT2D eigenvalue weighted by molar-refractivity contribution is -0.130. The van der Waals surface area contributed by atoms with E-state index in [0.717, 1.165) is 24.7 Å². The van der Waals surface area contributed by atoms with E-state index in [-0.39, 0.29) is 29.3 Å². The van der Waals surface area contributed by atoms with Crippen LogP contribution in [0.3, 0.4) is 0 Å². The van der Waals surface area contributed by atoms with Gasteiger partial charge in [0.05, 0.1) is 30.7 Å². The largest absolute Gasteiger partial charge is 0.465 e. The summed E-state index contributed by atoms with van der Waals surface area (Å²) < 4.78 is 46.1. The third-order valence-corrected chi connectivity index (χ3v) is 7.68. The van der Waals surface area contributed by atoms with Crippen molar-refractivity contribution in [3.05, 3.63) is 65.0 Å². The molecule has 10 heteroatoms. The molecule has 2 aromatic carbocycles. The molecular weight excluding hydrogens is 461 g/mol. The molecule has 1 fully saturated rings. The Hall–Kier alpha value is -2.98. The summed E-state index contributed by atoms with van der Waals surface area (Å²) in [5, 5.41) is 0. The number of carbonyl (C=O) groups is 2. The van der Waals surface area contributed by atoms with E-state index in [1.54, 1.807) is 19.1 Å². The molecule has 0 aromatic heterocycles. The highest BCUT2D eigenvalue weighted by molar-refractivity contribution is 7.92. The number of esters is 1. The molecule has 184 valence electrons. The number of sulfonamides is 1. The molecule has 0 N–H and O–H groups in total. The lowest BCUT2D eigenvalue weighted by Gasteiger charge is -2.34. The van der Waals surface area contributed by atoms with Crippen molar-refractivity contribution in [2.24, 2.45) is 0 Å². The van der Waals surface area contributed by atoms with Crippen LogP contribution in [-0.4, -0.2) is 69.1 Å². The lowest BCUT2D eigenvalue weighted by Crippen LogP contribution is -2.47. The van der Waals surface area contributed by atoms with Crippen molar-refractivity contribution in [1.29, 1.82) is 0 Å². The first kappa shape index (κ1) is 25.6. The van der Waals surface area contributed by atoms with Crippen molar-refractivity contribution in [1.82, 2.24) is 9.80 Å². The first-order chi connectivity index (χ1) is 16.1. The second kappa shape index (κ2) is 11.0. The minimum atomic E-state index is -3.69. The Labute approximate surface area is 200 Å². The van der Waals surface area contributed by atoms with E-state index in [1.807, 2.05) is 17.0 Å². The number of ether oxygens (including phenoxy) is 1. The molecule has 0 atom stereocenters. The van der Waals surface area contributed by atoms with E-state index in [1.165, 1.54) is 30.5 Å². The lowest BCUT2D eigenvalue weighted by atomic mass is 10.1. The average Bonchev–Trinajstić information content (AvgIpc) is 2.83. The van der Waals surface area contributed by atoms with Crippen molar-refractivity contribution in [3.63, 3.8) is 0 Å². The van der Waals surface area contributed by atoms with Gasteiger partial charge < -0.3 is 9.64 Å². The summed E-state index contributed by atoms with van der Waals surface area (Å²) in [4.78, 5) is 27.2. The number of hydrogen-bond acceptors (Lipinski definition) is 6. The van der Waals surface area contributed by atoms with Crippen LogP contribution in [0.2, 0.25) is 0 Å². The Morgan fingerprint density at radius 1 is 1.06 bits per heavy atom. The van der Waals surface area contributed by atoms with Crippen molar-refractivity contribution >= 4 is 27.6 Å². The highest BCUT2D eigenvalue weighted by Crippen LogP contribution is 2.24. The molecule has 1 aliphatic heterocycles. The molecule has 34 heavy (non-hydrogen) atoms. The Balaban J connectivity index is 1.76. The molecule has 0 aliphatic carbocycles. The van der Waals surface area contributed by atoms with Crippen LogP contribution in [0.15, 0.2) is 42.5 Å². The fraction of sp³-hybridized carbons (Fsp3) is 0.417. The van der Waals surface area contributed by atoms with Crippen molar-refractivity contribution in [2.75, 3.05) is 43.3 Å². The van der Waals surface area contributed by atoms with Gasteiger partial charge in [-0.15, -0.1) is 0 Å². The average molecular weight is 492 g/mol. The van der Waals surface area contributed by atoms with Crippen LogP contribution in [0.4, 0.5) is 10.1 Å². The van der Waals surface area contributed by atoms with Crippen LogP contribution in [0, 0.1) is 5.82 Å². The molecule has 0 unspecified atom stereocenters. The molecule has 3 rings (SSSR count). The number of amides is 1. The van der Waals surface area contributed by atoms with E-state index >= 15 is 0 Å². The normalized spacial score (nSPS) is 14.6. The van der Waals surface area contributed by atoms with Gasteiger partial charge in [0.1, 0.15) is 5.82 Å². The van der Waals surface area contributed by atoms with Gasteiger partial charge in [-0.05, 0) is 36.8 Å².